The molecule has 0 unspecified atom stereocenters. The van der Waals surface area contributed by atoms with E-state index in [1.807, 2.05) is 0 Å². The number of hydrogen-bond donors (Lipinski definition) is 1. The maximum Gasteiger partial charge on any atom is 0.133 e. The fourth-order valence-corrected chi connectivity index (χ4v) is 1.32. The van der Waals surface area contributed by atoms with Crippen molar-refractivity contribution in [3.63, 3.8) is 0 Å². The predicted octanol–water partition coefficient (Wildman–Crippen LogP) is 2.70. The minimum atomic E-state index is -0.421. The molecule has 2 aromatic carbocycles. The summed E-state index contributed by atoms with van der Waals surface area (Å²) >= 11 is 0. The van der Waals surface area contributed by atoms with Crippen molar-refractivity contribution in [3.05, 3.63) is 42.0 Å². The highest BCUT2D eigenvalue weighted by molar-refractivity contribution is 5.85. The summed E-state index contributed by atoms with van der Waals surface area (Å²) in [7, 11) is 0. The molecule has 3 heteroatoms. The lowest BCUT2D eigenvalue weighted by molar-refractivity contribution is 0.627. The molecule has 13 heavy (non-hydrogen) atoms. The van der Waals surface area contributed by atoms with Crippen LogP contribution in [0.2, 0.25) is 0 Å². The van der Waals surface area contributed by atoms with Gasteiger partial charge in [0.1, 0.15) is 11.6 Å². The first-order valence-corrected chi connectivity index (χ1v) is 3.81. The smallest absolute Gasteiger partial charge is 0.133 e. The summed E-state index contributed by atoms with van der Waals surface area (Å²) in [6.07, 6.45) is 0. The summed E-state index contributed by atoms with van der Waals surface area (Å²) in [5.74, 6) is -0.813. The van der Waals surface area contributed by atoms with Crippen LogP contribution in [0.5, 0.6) is 0 Å². The Balaban J connectivity index is 2.86. The van der Waals surface area contributed by atoms with E-state index in [-0.39, 0.29) is 0 Å². The van der Waals surface area contributed by atoms with Gasteiger partial charge in [-0.15, -0.1) is 0 Å². The number of hydrogen-bond acceptors (Lipinski definition) is 1. The topological polar surface area (TPSA) is 26.0 Å². The SMILES string of the molecule is Nc1cc(F)c2ccc(F)cc2c1. The summed E-state index contributed by atoms with van der Waals surface area (Å²) in [6.45, 7) is 0. The Morgan fingerprint density at radius 1 is 1.00 bits per heavy atom. The molecule has 0 atom stereocenters. The van der Waals surface area contributed by atoms with E-state index in [1.54, 1.807) is 6.07 Å². The van der Waals surface area contributed by atoms with Crippen molar-refractivity contribution in [2.75, 3.05) is 5.73 Å². The zero-order valence-corrected chi connectivity index (χ0v) is 6.72. The van der Waals surface area contributed by atoms with Crippen LogP contribution < -0.4 is 5.73 Å². The van der Waals surface area contributed by atoms with Crippen molar-refractivity contribution in [2.24, 2.45) is 0 Å². The van der Waals surface area contributed by atoms with Gasteiger partial charge in [0.15, 0.2) is 0 Å². The van der Waals surface area contributed by atoms with Crippen LogP contribution in [-0.4, -0.2) is 0 Å². The number of anilines is 1. The summed E-state index contributed by atoms with van der Waals surface area (Å²) in [4.78, 5) is 0. The summed E-state index contributed by atoms with van der Waals surface area (Å²) < 4.78 is 25.9. The van der Waals surface area contributed by atoms with Crippen molar-refractivity contribution in [1.29, 1.82) is 0 Å². The van der Waals surface area contributed by atoms with Crippen LogP contribution in [0, 0.1) is 11.6 Å². The molecular formula is C10H7F2N. The molecule has 0 aliphatic carbocycles. The molecule has 0 fully saturated rings. The number of benzene rings is 2. The molecule has 0 radical (unpaired) electrons. The van der Waals surface area contributed by atoms with Gasteiger partial charge in [0.2, 0.25) is 0 Å². The summed E-state index contributed by atoms with van der Waals surface area (Å²) in [5, 5.41) is 0.869. The van der Waals surface area contributed by atoms with Crippen LogP contribution in [-0.2, 0) is 0 Å². The Labute approximate surface area is 73.8 Å². The number of nitrogen functional groups attached to an aromatic ring is 1. The largest absolute Gasteiger partial charge is 0.399 e. The van der Waals surface area contributed by atoms with Gasteiger partial charge in [-0.05, 0) is 35.7 Å². The molecule has 1 nitrogen and oxygen atoms in total. The number of fused-ring (bicyclic) bond motifs is 1. The van der Waals surface area contributed by atoms with Crippen LogP contribution in [0.4, 0.5) is 14.5 Å². The Kier molecular flexibility index (Phi) is 1.65. The van der Waals surface area contributed by atoms with Gasteiger partial charge in [-0.1, -0.05) is 0 Å². The van der Waals surface area contributed by atoms with Gasteiger partial charge in [0.05, 0.1) is 0 Å². The first-order chi connectivity index (χ1) is 6.16. The van der Waals surface area contributed by atoms with E-state index >= 15 is 0 Å². The number of rotatable bonds is 0. The Hall–Kier alpha value is -1.64. The van der Waals surface area contributed by atoms with Crippen molar-refractivity contribution in [2.45, 2.75) is 0 Å². The molecule has 0 aliphatic heterocycles. The standard InChI is InChI=1S/C10H7F2N/c11-7-1-2-9-6(3-7)4-8(13)5-10(9)12/h1-5H,13H2. The van der Waals surface area contributed by atoms with Crippen LogP contribution in [0.1, 0.15) is 0 Å². The molecule has 0 aromatic heterocycles. The molecule has 0 amide bonds. The zero-order chi connectivity index (χ0) is 9.42. The van der Waals surface area contributed by atoms with Crippen LogP contribution in [0.15, 0.2) is 30.3 Å². The number of halogens is 2. The quantitative estimate of drug-likeness (QED) is 0.618. The summed E-state index contributed by atoms with van der Waals surface area (Å²) in [6, 6.07) is 6.65. The highest BCUT2D eigenvalue weighted by atomic mass is 19.1. The molecule has 2 rings (SSSR count). The van der Waals surface area contributed by atoms with Gasteiger partial charge < -0.3 is 5.73 Å². The molecule has 2 aromatic rings. The van der Waals surface area contributed by atoms with Crippen LogP contribution in [0.25, 0.3) is 10.8 Å². The van der Waals surface area contributed by atoms with Crippen molar-refractivity contribution in [3.8, 4) is 0 Å². The van der Waals surface area contributed by atoms with E-state index in [4.69, 9.17) is 5.73 Å². The lowest BCUT2D eigenvalue weighted by Crippen LogP contribution is -1.88. The normalized spacial score (nSPS) is 10.6. The molecular weight excluding hydrogens is 172 g/mol. The van der Waals surface area contributed by atoms with E-state index in [1.165, 1.54) is 24.3 Å². The second-order valence-electron chi connectivity index (χ2n) is 2.87. The fraction of sp³-hybridized carbons (Fsp3) is 0. The van der Waals surface area contributed by atoms with Gasteiger partial charge in [-0.2, -0.15) is 0 Å². The highest BCUT2D eigenvalue weighted by Crippen LogP contribution is 2.21. The molecule has 0 spiro atoms. The molecule has 0 saturated carbocycles. The van der Waals surface area contributed by atoms with Gasteiger partial charge in [0, 0.05) is 11.1 Å². The zero-order valence-electron chi connectivity index (χ0n) is 6.72. The number of nitrogens with two attached hydrogens (primary N) is 1. The third-order valence-electron chi connectivity index (χ3n) is 1.89. The van der Waals surface area contributed by atoms with E-state index in [2.05, 4.69) is 0 Å². The van der Waals surface area contributed by atoms with E-state index < -0.39 is 11.6 Å². The Morgan fingerprint density at radius 2 is 1.77 bits per heavy atom. The highest BCUT2D eigenvalue weighted by Gasteiger charge is 2.02. The first kappa shape index (κ1) is 7.98. The van der Waals surface area contributed by atoms with Crippen LogP contribution >= 0.6 is 0 Å². The Morgan fingerprint density at radius 3 is 2.54 bits per heavy atom. The Bertz CT molecular complexity index is 460. The maximum absolute atomic E-state index is 13.2. The van der Waals surface area contributed by atoms with Gasteiger partial charge in [-0.25, -0.2) is 8.78 Å². The average molecular weight is 179 g/mol. The average Bonchev–Trinajstić information content (AvgIpc) is 2.02. The monoisotopic (exact) mass is 179 g/mol. The second-order valence-corrected chi connectivity index (χ2v) is 2.87. The molecule has 0 saturated heterocycles. The van der Waals surface area contributed by atoms with Crippen molar-refractivity contribution < 1.29 is 8.78 Å². The third kappa shape index (κ3) is 1.33. The lowest BCUT2D eigenvalue weighted by atomic mass is 10.1. The second kappa shape index (κ2) is 2.69. The molecule has 66 valence electrons. The fourth-order valence-electron chi connectivity index (χ4n) is 1.32. The molecule has 0 bridgehead atoms. The van der Waals surface area contributed by atoms with Crippen LogP contribution in [0.3, 0.4) is 0 Å². The van der Waals surface area contributed by atoms with Gasteiger partial charge in [0.25, 0.3) is 0 Å². The molecule has 2 N–H and O–H groups in total. The molecule has 0 aliphatic rings. The minimum absolute atomic E-state index is 0.301. The first-order valence-electron chi connectivity index (χ1n) is 3.81. The van der Waals surface area contributed by atoms with Crippen molar-refractivity contribution >= 4 is 16.5 Å². The van der Waals surface area contributed by atoms with Crippen molar-refractivity contribution in [1.82, 2.24) is 0 Å². The lowest BCUT2D eigenvalue weighted by Gasteiger charge is -2.01. The van der Waals surface area contributed by atoms with Gasteiger partial charge in [-0.3, -0.25) is 0 Å². The summed E-state index contributed by atoms with van der Waals surface area (Å²) in [5.41, 5.74) is 5.71. The van der Waals surface area contributed by atoms with E-state index in [9.17, 15) is 8.78 Å². The van der Waals surface area contributed by atoms with E-state index in [0.717, 1.165) is 0 Å². The van der Waals surface area contributed by atoms with E-state index in [0.29, 0.717) is 16.5 Å². The minimum Gasteiger partial charge on any atom is -0.399 e. The maximum atomic E-state index is 13.2. The predicted molar refractivity (Wildman–Crippen MR) is 48.3 cm³/mol. The van der Waals surface area contributed by atoms with Gasteiger partial charge >= 0.3 is 0 Å². The third-order valence-corrected chi connectivity index (χ3v) is 1.89. The molecule has 0 heterocycles.